The Morgan fingerprint density at radius 1 is 0.875 bits per heavy atom. The molecule has 0 heterocycles. The molecule has 0 radical (unpaired) electrons. The van der Waals surface area contributed by atoms with Gasteiger partial charge < -0.3 is 0 Å². The van der Waals surface area contributed by atoms with Gasteiger partial charge >= 0.3 is 84.7 Å². The summed E-state index contributed by atoms with van der Waals surface area (Å²) in [6.45, 7) is 0. The van der Waals surface area contributed by atoms with Gasteiger partial charge in [0.1, 0.15) is 0 Å². The van der Waals surface area contributed by atoms with Crippen molar-refractivity contribution in [1.29, 1.82) is 0 Å². The molecule has 0 N–H and O–H groups in total. The summed E-state index contributed by atoms with van der Waals surface area (Å²) in [5, 5.41) is 0. The molecule has 0 spiro atoms. The van der Waals surface area contributed by atoms with E-state index in [4.69, 9.17) is 57.0 Å². The summed E-state index contributed by atoms with van der Waals surface area (Å²) >= 11 is -3.67. The quantitative estimate of drug-likeness (QED) is 0.569. The fourth-order valence-corrected chi connectivity index (χ4v) is 0. The Morgan fingerprint density at radius 2 is 0.875 bits per heavy atom. The van der Waals surface area contributed by atoms with Crippen molar-refractivity contribution in [3.63, 3.8) is 0 Å². The molecule has 0 aromatic rings. The minimum atomic E-state index is -1.92. The summed E-state index contributed by atoms with van der Waals surface area (Å²) in [7, 11) is 29.8. The molecule has 0 aromatic carbocycles. The number of hydrogen-bond donors (Lipinski definition) is 0. The second-order valence-electron chi connectivity index (χ2n) is 0.366. The van der Waals surface area contributed by atoms with Gasteiger partial charge in [0.15, 0.2) is 0 Å². The van der Waals surface area contributed by atoms with Crippen molar-refractivity contribution >= 4 is 57.0 Å². The van der Waals surface area contributed by atoms with Gasteiger partial charge in [-0.3, -0.25) is 0 Å². The molecule has 0 fully saturated rings. The van der Waals surface area contributed by atoms with E-state index in [2.05, 4.69) is 0 Å². The molecule has 0 amide bonds. The van der Waals surface area contributed by atoms with Crippen LogP contribution in [0.25, 0.3) is 0 Å². The number of hydrogen-bond acceptors (Lipinski definition) is 0. The first kappa shape index (κ1) is 13.7. The summed E-state index contributed by atoms with van der Waals surface area (Å²) in [5.74, 6) is 0. The first-order chi connectivity index (χ1) is 3.46. The van der Waals surface area contributed by atoms with Crippen LogP contribution in [0.1, 0.15) is 0 Å². The van der Waals surface area contributed by atoms with Gasteiger partial charge in [-0.1, -0.05) is 0 Å². The fourth-order valence-electron chi connectivity index (χ4n) is 0. The van der Waals surface area contributed by atoms with Crippen molar-refractivity contribution < 1.29 is 27.7 Å². The van der Waals surface area contributed by atoms with E-state index in [1.807, 2.05) is 0 Å². The van der Waals surface area contributed by atoms with Gasteiger partial charge in [-0.25, -0.2) is 0 Å². The molecule has 54 valence electrons. The van der Waals surface area contributed by atoms with Gasteiger partial charge in [-0.15, -0.1) is 0 Å². The molecule has 0 aliphatic carbocycles. The van der Waals surface area contributed by atoms with Crippen LogP contribution in [0.3, 0.4) is 0 Å². The molecule has 0 saturated carbocycles. The molecule has 0 saturated heterocycles. The van der Waals surface area contributed by atoms with Crippen LogP contribution in [-0.4, -0.2) is 0 Å². The third-order valence-electron chi connectivity index (χ3n) is 0. The van der Waals surface area contributed by atoms with Crippen molar-refractivity contribution in [2.45, 2.75) is 0 Å². The zero-order valence-electron chi connectivity index (χ0n) is 3.12. The zero-order valence-corrected chi connectivity index (χ0v) is 11.0. The molecule has 0 aliphatic rings. The molecule has 0 atom stereocenters. The normalized spacial score (nSPS) is 9.00. The SMILES string of the molecule is [Cl][Ru]([Cl])[Cl].[Cl][Ti]([Cl])[Cl]. The van der Waals surface area contributed by atoms with E-state index in [1.54, 1.807) is 0 Å². The Morgan fingerprint density at radius 3 is 0.875 bits per heavy atom. The molecular weight excluding hydrogens is 362 g/mol. The van der Waals surface area contributed by atoms with Gasteiger partial charge in [-0.05, 0) is 0 Å². The molecular formula is Cl6RuTi. The standard InChI is InChI=1S/6ClH.Ru.Ti/h6*1H;;/q;;;;;;2*+3/p-6. The number of rotatable bonds is 0. The minimum absolute atomic E-state index is 1.75. The van der Waals surface area contributed by atoms with Crippen molar-refractivity contribution in [3.8, 4) is 0 Å². The Hall–Kier alpha value is 3.08. The maximum absolute atomic E-state index is 4.97. The van der Waals surface area contributed by atoms with Crippen molar-refractivity contribution in [2.75, 3.05) is 0 Å². The average Bonchev–Trinajstić information content (AvgIpc) is 1.25. The molecule has 0 aromatic heterocycles. The van der Waals surface area contributed by atoms with E-state index in [0.29, 0.717) is 0 Å². The van der Waals surface area contributed by atoms with E-state index in [-0.39, 0.29) is 0 Å². The monoisotopic (exact) mass is 360 g/mol. The van der Waals surface area contributed by atoms with E-state index >= 15 is 0 Å². The maximum atomic E-state index is 4.97. The average molecular weight is 362 g/mol. The van der Waals surface area contributed by atoms with Crippen LogP contribution in [0, 0.1) is 0 Å². The second-order valence-corrected chi connectivity index (χ2v) is 16.0. The predicted octanol–water partition coefficient (Wildman–Crippen LogP) is 4.13. The molecule has 0 unspecified atom stereocenters. The molecule has 0 bridgehead atoms. The van der Waals surface area contributed by atoms with Crippen LogP contribution in [-0.2, 0) is 27.7 Å². The third-order valence-corrected chi connectivity index (χ3v) is 0. The Bertz CT molecular complexity index is 24.0. The molecule has 8 heavy (non-hydrogen) atoms. The van der Waals surface area contributed by atoms with E-state index < -0.39 is 27.7 Å². The third kappa shape index (κ3) is 62.5. The van der Waals surface area contributed by atoms with Crippen LogP contribution >= 0.6 is 57.0 Å². The van der Waals surface area contributed by atoms with Crippen LogP contribution in [0.4, 0.5) is 0 Å². The van der Waals surface area contributed by atoms with Crippen LogP contribution < -0.4 is 0 Å². The topological polar surface area (TPSA) is 0 Å². The first-order valence-electron chi connectivity index (χ1n) is 0.968. The fraction of sp³-hybridized carbons (Fsp3) is 0. The predicted molar refractivity (Wildman–Crippen MR) is 35.1 cm³/mol. The van der Waals surface area contributed by atoms with Crippen LogP contribution in [0.15, 0.2) is 0 Å². The van der Waals surface area contributed by atoms with E-state index in [0.717, 1.165) is 0 Å². The zero-order chi connectivity index (χ0) is 7.15. The van der Waals surface area contributed by atoms with Gasteiger partial charge in [0, 0.05) is 0 Å². The van der Waals surface area contributed by atoms with Crippen molar-refractivity contribution in [2.24, 2.45) is 0 Å². The first-order valence-corrected chi connectivity index (χ1v) is 14.1. The van der Waals surface area contributed by atoms with Gasteiger partial charge in [0.25, 0.3) is 0 Å². The summed E-state index contributed by atoms with van der Waals surface area (Å²) < 4.78 is 0. The Kier molecular flexibility index (Phi) is 17.2. The Labute approximate surface area is 83.2 Å². The number of halogens is 6. The molecule has 0 rings (SSSR count). The van der Waals surface area contributed by atoms with Gasteiger partial charge in [-0.2, -0.15) is 0 Å². The summed E-state index contributed by atoms with van der Waals surface area (Å²) in [4.78, 5) is 0. The van der Waals surface area contributed by atoms with Crippen LogP contribution in [0.5, 0.6) is 0 Å². The molecule has 0 nitrogen and oxygen atoms in total. The second kappa shape index (κ2) is 10.1. The van der Waals surface area contributed by atoms with Gasteiger partial charge in [0.05, 0.1) is 0 Å². The van der Waals surface area contributed by atoms with Crippen LogP contribution in [0.2, 0.25) is 0 Å². The Balaban J connectivity index is 0. The molecule has 8 heteroatoms. The summed E-state index contributed by atoms with van der Waals surface area (Å²) in [6.07, 6.45) is 0. The van der Waals surface area contributed by atoms with E-state index in [9.17, 15) is 0 Å². The molecule has 0 aliphatic heterocycles. The van der Waals surface area contributed by atoms with Crippen molar-refractivity contribution in [1.82, 2.24) is 0 Å². The van der Waals surface area contributed by atoms with Crippen molar-refractivity contribution in [3.05, 3.63) is 0 Å². The van der Waals surface area contributed by atoms with Gasteiger partial charge in [0.2, 0.25) is 0 Å². The van der Waals surface area contributed by atoms with E-state index in [1.165, 1.54) is 0 Å². The summed E-state index contributed by atoms with van der Waals surface area (Å²) in [5.41, 5.74) is 0. The summed E-state index contributed by atoms with van der Waals surface area (Å²) in [6, 6.07) is 0.